The molecule has 0 atom stereocenters. The first-order valence-corrected chi connectivity index (χ1v) is 11.1. The quantitative estimate of drug-likeness (QED) is 0.349. The smallest absolute Gasteiger partial charge is 0.316 e. The average Bonchev–Trinajstić information content (AvgIpc) is 3.73. The molecule has 2 fully saturated rings. The van der Waals surface area contributed by atoms with Crippen molar-refractivity contribution in [1.29, 1.82) is 0 Å². The van der Waals surface area contributed by atoms with Crippen LogP contribution in [0.3, 0.4) is 0 Å². The molecule has 0 saturated heterocycles. The molecule has 0 aromatic heterocycles. The number of methoxy groups -OCH3 is 1. The Morgan fingerprint density at radius 1 is 0.939 bits per heavy atom. The van der Waals surface area contributed by atoms with Gasteiger partial charge in [-0.2, -0.15) is 0 Å². The zero-order valence-electron chi connectivity index (χ0n) is 19.3. The molecule has 2 aromatic carbocycles. The average molecular weight is 451 g/mol. The van der Waals surface area contributed by atoms with Crippen LogP contribution in [0, 0.1) is 0 Å². The number of hydrogen-bond acceptors (Lipinski definition) is 5. The Morgan fingerprint density at radius 2 is 1.45 bits per heavy atom. The van der Waals surface area contributed by atoms with Gasteiger partial charge >= 0.3 is 11.9 Å². The Kier molecular flexibility index (Phi) is 7.06. The van der Waals surface area contributed by atoms with E-state index >= 15 is 0 Å². The zero-order valence-corrected chi connectivity index (χ0v) is 19.3. The van der Waals surface area contributed by atoms with E-state index in [4.69, 9.17) is 9.47 Å². The SMILES string of the molecule is C=C(OCC)c1cccc(C2(C(=O)O)CC2)c1.COC(=O)C1(c2cccc(C(C)=O)c2)CC1. The van der Waals surface area contributed by atoms with Crippen molar-refractivity contribution < 1.29 is 29.0 Å². The molecule has 2 aromatic rings. The van der Waals surface area contributed by atoms with Gasteiger partial charge in [0.1, 0.15) is 5.76 Å². The number of ketones is 1. The molecule has 0 unspecified atom stereocenters. The number of aliphatic carboxylic acids is 1. The van der Waals surface area contributed by atoms with Gasteiger partial charge in [-0.25, -0.2) is 0 Å². The van der Waals surface area contributed by atoms with E-state index in [-0.39, 0.29) is 11.8 Å². The highest BCUT2D eigenvalue weighted by molar-refractivity contribution is 5.95. The van der Waals surface area contributed by atoms with Crippen molar-refractivity contribution in [2.45, 2.75) is 50.4 Å². The second-order valence-corrected chi connectivity index (χ2v) is 8.53. The number of carbonyl (C=O) groups excluding carboxylic acids is 2. The summed E-state index contributed by atoms with van der Waals surface area (Å²) in [5.41, 5.74) is 2.10. The van der Waals surface area contributed by atoms with Gasteiger partial charge in [-0.1, -0.05) is 43.0 Å². The van der Waals surface area contributed by atoms with Crippen LogP contribution in [0.2, 0.25) is 0 Å². The van der Waals surface area contributed by atoms with Crippen LogP contribution in [0.5, 0.6) is 0 Å². The Bertz CT molecular complexity index is 1080. The number of hydrogen-bond donors (Lipinski definition) is 1. The molecule has 6 nitrogen and oxygen atoms in total. The first kappa shape index (κ1) is 24.2. The van der Waals surface area contributed by atoms with Gasteiger partial charge in [-0.15, -0.1) is 0 Å². The lowest BCUT2D eigenvalue weighted by molar-refractivity contribution is -0.143. The summed E-state index contributed by atoms with van der Waals surface area (Å²) in [5, 5.41) is 9.24. The van der Waals surface area contributed by atoms with Crippen molar-refractivity contribution in [2.75, 3.05) is 13.7 Å². The molecule has 0 radical (unpaired) electrons. The molecule has 2 aliphatic carbocycles. The lowest BCUT2D eigenvalue weighted by atomic mass is 9.94. The van der Waals surface area contributed by atoms with E-state index in [0.29, 0.717) is 30.8 Å². The summed E-state index contributed by atoms with van der Waals surface area (Å²) in [4.78, 5) is 34.2. The van der Waals surface area contributed by atoms with Crippen molar-refractivity contribution in [3.63, 3.8) is 0 Å². The highest BCUT2D eigenvalue weighted by Gasteiger charge is 2.53. The molecule has 0 bridgehead atoms. The Hall–Kier alpha value is -3.41. The third-order valence-corrected chi connectivity index (χ3v) is 6.36. The van der Waals surface area contributed by atoms with E-state index in [9.17, 15) is 19.5 Å². The summed E-state index contributed by atoms with van der Waals surface area (Å²) in [6.07, 6.45) is 3.04. The molecule has 1 N–H and O–H groups in total. The Morgan fingerprint density at radius 3 is 1.91 bits per heavy atom. The van der Waals surface area contributed by atoms with E-state index in [0.717, 1.165) is 29.5 Å². The van der Waals surface area contributed by atoms with Gasteiger partial charge in [0.05, 0.1) is 24.5 Å². The maximum Gasteiger partial charge on any atom is 0.316 e. The number of Topliss-reactive ketones (excluding diaryl/α,β-unsaturated/α-hetero) is 1. The normalized spacial score (nSPS) is 16.5. The molecular weight excluding hydrogens is 420 g/mol. The van der Waals surface area contributed by atoms with Gasteiger partial charge < -0.3 is 14.6 Å². The second-order valence-electron chi connectivity index (χ2n) is 8.53. The summed E-state index contributed by atoms with van der Waals surface area (Å²) in [6.45, 7) is 7.82. The molecule has 4 rings (SSSR count). The molecule has 2 aliphatic rings. The van der Waals surface area contributed by atoms with Crippen LogP contribution >= 0.6 is 0 Å². The molecule has 2 saturated carbocycles. The van der Waals surface area contributed by atoms with Gasteiger partial charge in [0, 0.05) is 11.1 Å². The molecule has 0 heterocycles. The minimum atomic E-state index is -0.739. The number of carboxylic acids is 1. The van der Waals surface area contributed by atoms with E-state index in [2.05, 4.69) is 6.58 Å². The van der Waals surface area contributed by atoms with Crippen molar-refractivity contribution in [3.8, 4) is 0 Å². The monoisotopic (exact) mass is 450 g/mol. The minimum absolute atomic E-state index is 0.0162. The fraction of sp³-hybridized carbons (Fsp3) is 0.370. The van der Waals surface area contributed by atoms with Crippen molar-refractivity contribution in [3.05, 3.63) is 77.4 Å². The van der Waals surface area contributed by atoms with Crippen LogP contribution in [0.25, 0.3) is 5.76 Å². The first-order chi connectivity index (χ1) is 15.7. The predicted octanol–water partition coefficient (Wildman–Crippen LogP) is 4.90. The van der Waals surface area contributed by atoms with Crippen LogP contribution in [0.15, 0.2) is 55.1 Å². The maximum atomic E-state index is 11.7. The third-order valence-electron chi connectivity index (χ3n) is 6.36. The van der Waals surface area contributed by atoms with Crippen LogP contribution in [0.4, 0.5) is 0 Å². The van der Waals surface area contributed by atoms with E-state index in [1.54, 1.807) is 12.1 Å². The Balaban J connectivity index is 0.000000186. The number of carbonyl (C=O) groups is 3. The second kappa shape index (κ2) is 9.61. The molecule has 0 spiro atoms. The predicted molar refractivity (Wildman–Crippen MR) is 125 cm³/mol. The fourth-order valence-electron chi connectivity index (χ4n) is 3.97. The fourth-order valence-corrected chi connectivity index (χ4v) is 3.97. The van der Waals surface area contributed by atoms with Gasteiger partial charge in [-0.3, -0.25) is 14.4 Å². The van der Waals surface area contributed by atoms with Gasteiger partial charge in [0.25, 0.3) is 0 Å². The molecule has 174 valence electrons. The van der Waals surface area contributed by atoms with Crippen LogP contribution in [0.1, 0.15) is 66.6 Å². The largest absolute Gasteiger partial charge is 0.494 e. The van der Waals surface area contributed by atoms with E-state index in [1.807, 2.05) is 43.3 Å². The van der Waals surface area contributed by atoms with Gasteiger partial charge in [0.2, 0.25) is 0 Å². The molecule has 0 amide bonds. The topological polar surface area (TPSA) is 89.9 Å². The molecule has 0 aliphatic heterocycles. The number of ether oxygens (including phenoxy) is 2. The molecule has 33 heavy (non-hydrogen) atoms. The standard InChI is InChI=1S/C14H16O3.C13H14O3/c1-3-17-10(2)11-5-4-6-12(9-11)14(7-8-14)13(15)16;1-9(14)10-4-3-5-11(8-10)13(6-7-13)12(15)16-2/h4-6,9H,2-3,7-8H2,1H3,(H,15,16);3-5,8H,6-7H2,1-2H3. The number of rotatable bonds is 8. The third kappa shape index (κ3) is 5.00. The van der Waals surface area contributed by atoms with E-state index in [1.165, 1.54) is 14.0 Å². The van der Waals surface area contributed by atoms with Gasteiger partial charge in [0.15, 0.2) is 5.78 Å². The maximum absolute atomic E-state index is 11.7. The highest BCUT2D eigenvalue weighted by atomic mass is 16.5. The number of esters is 1. The summed E-state index contributed by atoms with van der Waals surface area (Å²) in [6, 6.07) is 14.7. The Labute approximate surface area is 194 Å². The lowest BCUT2D eigenvalue weighted by Crippen LogP contribution is -2.22. The summed E-state index contributed by atoms with van der Waals surface area (Å²) in [7, 11) is 1.40. The molecular formula is C27H30O6. The minimum Gasteiger partial charge on any atom is -0.494 e. The van der Waals surface area contributed by atoms with Gasteiger partial charge in [-0.05, 0) is 62.8 Å². The zero-order chi connectivity index (χ0) is 24.2. The van der Waals surface area contributed by atoms with Crippen LogP contribution in [-0.4, -0.2) is 36.5 Å². The highest BCUT2D eigenvalue weighted by Crippen LogP contribution is 2.49. The summed E-state index contributed by atoms with van der Waals surface area (Å²) >= 11 is 0. The van der Waals surface area contributed by atoms with Crippen molar-refractivity contribution in [1.82, 2.24) is 0 Å². The first-order valence-electron chi connectivity index (χ1n) is 11.1. The summed E-state index contributed by atoms with van der Waals surface area (Å²) in [5.74, 6) is -0.331. The van der Waals surface area contributed by atoms with Crippen molar-refractivity contribution >= 4 is 23.5 Å². The lowest BCUT2D eigenvalue weighted by Gasteiger charge is -2.13. The summed E-state index contributed by atoms with van der Waals surface area (Å²) < 4.78 is 10.1. The van der Waals surface area contributed by atoms with Crippen LogP contribution in [-0.2, 0) is 29.9 Å². The molecule has 6 heteroatoms. The van der Waals surface area contributed by atoms with Crippen LogP contribution < -0.4 is 0 Å². The number of benzene rings is 2. The van der Waals surface area contributed by atoms with E-state index < -0.39 is 16.8 Å². The number of carboxylic acid groups (broad SMARTS) is 1. The van der Waals surface area contributed by atoms with Crippen molar-refractivity contribution in [2.24, 2.45) is 0 Å².